The van der Waals surface area contributed by atoms with Gasteiger partial charge in [-0.15, -0.1) is 4.51 Å². The van der Waals surface area contributed by atoms with E-state index in [1.807, 2.05) is 0 Å². The van der Waals surface area contributed by atoms with Gasteiger partial charge in [-0.1, -0.05) is 6.07 Å². The van der Waals surface area contributed by atoms with Crippen LogP contribution in [0, 0.1) is 0 Å². The number of halogens is 1. The average Bonchev–Trinajstić information content (AvgIpc) is 2.70. The van der Waals surface area contributed by atoms with E-state index >= 15 is 0 Å². The molecule has 3 N–H and O–H groups in total. The van der Waals surface area contributed by atoms with Crippen LogP contribution in [0.2, 0.25) is 0 Å². The van der Waals surface area contributed by atoms with E-state index in [0.29, 0.717) is 16.5 Å². The van der Waals surface area contributed by atoms with Gasteiger partial charge in [-0.05, 0) is 53.7 Å². The van der Waals surface area contributed by atoms with Crippen LogP contribution >= 0.6 is 11.8 Å². The summed E-state index contributed by atoms with van der Waals surface area (Å²) in [4.78, 5) is 28.9. The Morgan fingerprint density at radius 2 is 1.60 bits per heavy atom. The highest BCUT2D eigenvalue weighted by atomic mass is 35.5. The molecule has 11 nitrogen and oxygen atoms in total. The minimum atomic E-state index is -4.32. The third kappa shape index (κ3) is 8.34. The van der Waals surface area contributed by atoms with Gasteiger partial charge < -0.3 is 20.5 Å². The summed E-state index contributed by atoms with van der Waals surface area (Å²) in [5.74, 6) is -1.69. The summed E-state index contributed by atoms with van der Waals surface area (Å²) in [6.07, 6.45) is 2.93. The summed E-state index contributed by atoms with van der Waals surface area (Å²) >= 11 is 5.36. The number of nitrogens with zero attached hydrogens (tertiary/aromatic N) is 3. The van der Waals surface area contributed by atoms with E-state index in [-0.39, 0.29) is 10.9 Å². The molecule has 0 aliphatic rings. The molecule has 1 aromatic carbocycles. The third-order valence-corrected chi connectivity index (χ3v) is 6.14. The van der Waals surface area contributed by atoms with Crippen LogP contribution in [0.25, 0.3) is 10.8 Å². The van der Waals surface area contributed by atoms with Crippen LogP contribution in [-0.4, -0.2) is 59.9 Å². The summed E-state index contributed by atoms with van der Waals surface area (Å²) in [5, 5.41) is 3.80. The number of hydrogen-bond acceptors (Lipinski definition) is 8. The molecule has 192 valence electrons. The molecule has 1 aromatic heterocycles. The molecule has 2 rings (SSSR count). The number of nitrogens with one attached hydrogen (secondary N) is 1. The summed E-state index contributed by atoms with van der Waals surface area (Å²) in [7, 11) is -4.32. The molecule has 0 radical (unpaired) electrons. The number of pyridine rings is 1. The van der Waals surface area contributed by atoms with Crippen molar-refractivity contribution in [2.75, 3.05) is 18.4 Å². The van der Waals surface area contributed by atoms with Gasteiger partial charge in [0.1, 0.15) is 24.3 Å². The number of aromatic nitrogens is 1. The zero-order valence-electron chi connectivity index (χ0n) is 20.5. The Hall–Kier alpha value is -2.96. The van der Waals surface area contributed by atoms with E-state index in [4.69, 9.17) is 27.0 Å². The minimum Gasteiger partial charge on any atom is -0.459 e. The van der Waals surface area contributed by atoms with Gasteiger partial charge in [0.25, 0.3) is 0 Å². The number of hydrogen-bond donors (Lipinski definition) is 2. The maximum absolute atomic E-state index is 13.5. The highest BCUT2D eigenvalue weighted by molar-refractivity contribution is 7.89. The zero-order chi connectivity index (χ0) is 26.6. The molecule has 35 heavy (non-hydrogen) atoms. The highest BCUT2D eigenvalue weighted by Crippen LogP contribution is 2.27. The number of rotatable bonds is 7. The molecule has 13 heteroatoms. The predicted octanol–water partition coefficient (Wildman–Crippen LogP) is 2.79. The smallest absolute Gasteiger partial charge is 0.321 e. The number of ether oxygens (including phenoxy) is 2. The summed E-state index contributed by atoms with van der Waals surface area (Å²) in [6, 6.07) is 4.25. The van der Waals surface area contributed by atoms with E-state index in [0.717, 1.165) is 4.31 Å². The van der Waals surface area contributed by atoms with Gasteiger partial charge in [-0.2, -0.15) is 4.31 Å². The molecule has 2 aromatic rings. The van der Waals surface area contributed by atoms with Crippen molar-refractivity contribution in [2.45, 2.75) is 57.6 Å². The molecular weight excluding hydrogens is 498 g/mol. The molecule has 0 amide bonds. The molecule has 0 unspecified atom stereocenters. The second kappa shape index (κ2) is 10.8. The van der Waals surface area contributed by atoms with E-state index < -0.39 is 46.3 Å². The first kappa shape index (κ1) is 28.3. The lowest BCUT2D eigenvalue weighted by Crippen LogP contribution is -2.43. The van der Waals surface area contributed by atoms with Gasteiger partial charge in [0.05, 0.1) is 16.8 Å². The van der Waals surface area contributed by atoms with Crippen molar-refractivity contribution < 1.29 is 27.5 Å². The average molecular weight is 528 g/mol. The standard InChI is InChI=1S/C22H30ClN5O6S/c1-21(2,3)33-18(29)12-28(13-19(30)34-22(4,5)6)35(31,32)15-7-8-16-14(9-15)10-25-11-17(16)26-20(24)27-23/h7-11H,12-13H2,1-6H3,(H3,24,26,27). The van der Waals surface area contributed by atoms with Crippen LogP contribution in [-0.2, 0) is 29.1 Å². The number of anilines is 1. The molecule has 0 atom stereocenters. The lowest BCUT2D eigenvalue weighted by Gasteiger charge is -2.26. The van der Waals surface area contributed by atoms with E-state index in [1.165, 1.54) is 30.6 Å². The molecule has 0 saturated carbocycles. The fourth-order valence-corrected chi connectivity index (χ4v) is 4.39. The number of carbonyl (C=O) groups is 2. The Balaban J connectivity index is 2.47. The van der Waals surface area contributed by atoms with Crippen LogP contribution in [0.4, 0.5) is 5.69 Å². The fourth-order valence-electron chi connectivity index (χ4n) is 2.98. The Labute approximate surface area is 209 Å². The topological polar surface area (TPSA) is 153 Å². The molecule has 0 spiro atoms. The van der Waals surface area contributed by atoms with Gasteiger partial charge in [-0.25, -0.2) is 8.42 Å². The molecule has 0 saturated heterocycles. The summed E-state index contributed by atoms with van der Waals surface area (Å²) in [5.41, 5.74) is 4.37. The van der Waals surface area contributed by atoms with Gasteiger partial charge in [-0.3, -0.25) is 14.6 Å². The molecule has 1 heterocycles. The van der Waals surface area contributed by atoms with Crippen molar-refractivity contribution in [2.24, 2.45) is 10.2 Å². The van der Waals surface area contributed by atoms with Crippen LogP contribution in [0.5, 0.6) is 0 Å². The van der Waals surface area contributed by atoms with Gasteiger partial charge in [0.15, 0.2) is 0 Å². The lowest BCUT2D eigenvalue weighted by atomic mass is 10.1. The van der Waals surface area contributed by atoms with Crippen molar-refractivity contribution >= 4 is 56.2 Å². The molecule has 0 fully saturated rings. The number of sulfonamides is 1. The Morgan fingerprint density at radius 3 is 2.09 bits per heavy atom. The number of carbonyl (C=O) groups excluding carboxylic acids is 2. The third-order valence-electron chi connectivity index (χ3n) is 4.17. The lowest BCUT2D eigenvalue weighted by molar-refractivity contribution is -0.157. The van der Waals surface area contributed by atoms with E-state index in [9.17, 15) is 18.0 Å². The largest absolute Gasteiger partial charge is 0.459 e. The quantitative estimate of drug-likeness (QED) is 0.314. The monoisotopic (exact) mass is 527 g/mol. The van der Waals surface area contributed by atoms with Crippen molar-refractivity contribution in [1.29, 1.82) is 0 Å². The zero-order valence-corrected chi connectivity index (χ0v) is 22.0. The van der Waals surface area contributed by atoms with Gasteiger partial charge in [0, 0.05) is 28.7 Å². The van der Waals surface area contributed by atoms with Crippen molar-refractivity contribution in [3.63, 3.8) is 0 Å². The van der Waals surface area contributed by atoms with Crippen LogP contribution < -0.4 is 11.1 Å². The molecular formula is C22H30ClN5O6S. The summed E-state index contributed by atoms with van der Waals surface area (Å²) in [6.45, 7) is 8.56. The molecule has 0 bridgehead atoms. The van der Waals surface area contributed by atoms with Gasteiger partial charge >= 0.3 is 11.9 Å². The van der Waals surface area contributed by atoms with Crippen LogP contribution in [0.15, 0.2) is 40.0 Å². The first-order chi connectivity index (χ1) is 16.0. The highest BCUT2D eigenvalue weighted by Gasteiger charge is 2.32. The van der Waals surface area contributed by atoms with Crippen LogP contribution in [0.1, 0.15) is 41.5 Å². The number of esters is 2. The van der Waals surface area contributed by atoms with Crippen molar-refractivity contribution in [3.8, 4) is 0 Å². The maximum Gasteiger partial charge on any atom is 0.321 e. The second-order valence-electron chi connectivity index (χ2n) is 9.61. The second-order valence-corrected chi connectivity index (χ2v) is 11.7. The normalized spacial score (nSPS) is 13.1. The SMILES string of the molecule is CC(C)(C)OC(=O)CN(CC(=O)OC(C)(C)C)S(=O)(=O)c1ccc2c(NC(N)=NCl)cncc2c1. The Bertz CT molecular complexity index is 1210. The van der Waals surface area contributed by atoms with E-state index in [2.05, 4.69) is 14.8 Å². The number of guanidine groups is 1. The number of fused-ring (bicyclic) bond motifs is 1. The predicted molar refractivity (Wildman–Crippen MR) is 133 cm³/mol. The molecule has 0 aliphatic carbocycles. The Morgan fingerprint density at radius 1 is 1.06 bits per heavy atom. The molecule has 0 aliphatic heterocycles. The van der Waals surface area contributed by atoms with E-state index in [1.54, 1.807) is 41.5 Å². The fraction of sp³-hybridized carbons (Fsp3) is 0.455. The van der Waals surface area contributed by atoms with Crippen molar-refractivity contribution in [3.05, 3.63) is 30.6 Å². The number of nitrogens with two attached hydrogens (primary N) is 1. The van der Waals surface area contributed by atoms with Gasteiger partial charge in [0.2, 0.25) is 16.0 Å². The maximum atomic E-state index is 13.5. The first-order valence-electron chi connectivity index (χ1n) is 10.5. The summed E-state index contributed by atoms with van der Waals surface area (Å²) < 4.78 is 41.6. The van der Waals surface area contributed by atoms with Crippen LogP contribution in [0.3, 0.4) is 0 Å². The minimum absolute atomic E-state index is 0.0708. The number of benzene rings is 1. The van der Waals surface area contributed by atoms with Crippen molar-refractivity contribution in [1.82, 2.24) is 9.29 Å². The first-order valence-corrected chi connectivity index (χ1v) is 12.3. The Kier molecular flexibility index (Phi) is 8.69.